The van der Waals surface area contributed by atoms with E-state index in [1.165, 1.54) is 17.7 Å². The molecule has 0 unspecified atom stereocenters. The standard InChI is InChI=1S/C21H21FN2O2/c22-16-7-5-15(6-8-16)18-17-4-2-1-3-14(17)9-10-24(18)19(25)21-11-20(23,12-21)13-26-21/h1-8,18H,9-13,23H2/t18-,20?,21?/m0/s1. The molecule has 6 rings (SSSR count). The largest absolute Gasteiger partial charge is 0.363 e. The average molecular weight is 352 g/mol. The molecule has 134 valence electrons. The van der Waals surface area contributed by atoms with Crippen LogP contribution in [0.3, 0.4) is 0 Å². The van der Waals surface area contributed by atoms with Gasteiger partial charge < -0.3 is 15.4 Å². The average Bonchev–Trinajstić information content (AvgIpc) is 3.15. The van der Waals surface area contributed by atoms with Crippen molar-refractivity contribution in [2.24, 2.45) is 5.73 Å². The summed E-state index contributed by atoms with van der Waals surface area (Å²) in [5, 5.41) is 0. The van der Waals surface area contributed by atoms with E-state index in [1.807, 2.05) is 17.0 Å². The van der Waals surface area contributed by atoms with Crippen LogP contribution in [0.15, 0.2) is 48.5 Å². The Hall–Kier alpha value is -2.24. The van der Waals surface area contributed by atoms with Gasteiger partial charge >= 0.3 is 0 Å². The van der Waals surface area contributed by atoms with Gasteiger partial charge in [-0.15, -0.1) is 0 Å². The molecule has 4 aliphatic rings. The molecule has 1 aliphatic carbocycles. The highest BCUT2D eigenvalue weighted by molar-refractivity contribution is 5.89. The second-order valence-corrected chi connectivity index (χ2v) is 7.90. The lowest BCUT2D eigenvalue weighted by Gasteiger charge is -2.46. The highest BCUT2D eigenvalue weighted by atomic mass is 19.1. The first kappa shape index (κ1) is 16.0. The first-order valence-corrected chi connectivity index (χ1v) is 9.07. The first-order valence-electron chi connectivity index (χ1n) is 9.07. The van der Waals surface area contributed by atoms with Gasteiger partial charge in [0.05, 0.1) is 12.6 Å². The third-order valence-electron chi connectivity index (χ3n) is 6.03. The summed E-state index contributed by atoms with van der Waals surface area (Å²) in [6.07, 6.45) is 1.99. The van der Waals surface area contributed by atoms with Crippen LogP contribution in [-0.4, -0.2) is 35.1 Å². The second-order valence-electron chi connectivity index (χ2n) is 7.90. The molecule has 0 spiro atoms. The van der Waals surface area contributed by atoms with Crippen molar-refractivity contribution in [3.8, 4) is 0 Å². The molecule has 2 bridgehead atoms. The number of nitrogens with zero attached hydrogens (tertiary/aromatic N) is 1. The quantitative estimate of drug-likeness (QED) is 0.904. The number of carbonyl (C=O) groups excluding carboxylic acids is 1. The molecule has 2 saturated heterocycles. The zero-order valence-electron chi connectivity index (χ0n) is 14.5. The van der Waals surface area contributed by atoms with Crippen LogP contribution in [-0.2, 0) is 16.0 Å². The number of amides is 1. The Bertz CT molecular complexity index is 874. The summed E-state index contributed by atoms with van der Waals surface area (Å²) in [6, 6.07) is 14.4. The molecule has 4 nitrogen and oxygen atoms in total. The summed E-state index contributed by atoms with van der Waals surface area (Å²) in [7, 11) is 0. The summed E-state index contributed by atoms with van der Waals surface area (Å²) < 4.78 is 19.3. The summed E-state index contributed by atoms with van der Waals surface area (Å²) in [4.78, 5) is 15.3. The number of ether oxygens (including phenoxy) is 1. The molecule has 1 saturated carbocycles. The summed E-state index contributed by atoms with van der Waals surface area (Å²) in [6.45, 7) is 1.07. The van der Waals surface area contributed by atoms with E-state index in [0.717, 1.165) is 17.5 Å². The zero-order valence-corrected chi connectivity index (χ0v) is 14.5. The molecule has 26 heavy (non-hydrogen) atoms. The van der Waals surface area contributed by atoms with E-state index in [9.17, 15) is 9.18 Å². The maximum absolute atomic E-state index is 13.4. The first-order chi connectivity index (χ1) is 12.5. The van der Waals surface area contributed by atoms with Gasteiger partial charge in [0, 0.05) is 24.9 Å². The van der Waals surface area contributed by atoms with Gasteiger partial charge in [-0.2, -0.15) is 0 Å². The van der Waals surface area contributed by atoms with Crippen molar-refractivity contribution in [1.82, 2.24) is 4.90 Å². The van der Waals surface area contributed by atoms with Crippen LogP contribution in [0.1, 0.15) is 35.6 Å². The Kier molecular flexibility index (Phi) is 3.30. The Balaban J connectivity index is 1.56. The van der Waals surface area contributed by atoms with E-state index in [1.54, 1.807) is 12.1 Å². The van der Waals surface area contributed by atoms with Crippen molar-refractivity contribution < 1.29 is 13.9 Å². The van der Waals surface area contributed by atoms with E-state index >= 15 is 0 Å². The Morgan fingerprint density at radius 2 is 1.88 bits per heavy atom. The highest BCUT2D eigenvalue weighted by Gasteiger charge is 2.66. The van der Waals surface area contributed by atoms with Gasteiger partial charge in [0.25, 0.3) is 5.91 Å². The number of nitrogens with two attached hydrogens (primary N) is 1. The van der Waals surface area contributed by atoms with Crippen molar-refractivity contribution in [1.29, 1.82) is 0 Å². The third kappa shape index (κ3) is 2.24. The number of rotatable bonds is 2. The van der Waals surface area contributed by atoms with E-state index in [0.29, 0.717) is 26.0 Å². The molecular weight excluding hydrogens is 331 g/mol. The molecule has 1 amide bonds. The maximum Gasteiger partial charge on any atom is 0.255 e. The van der Waals surface area contributed by atoms with Crippen molar-refractivity contribution in [3.63, 3.8) is 0 Å². The number of carbonyl (C=O) groups is 1. The molecule has 0 radical (unpaired) electrons. The van der Waals surface area contributed by atoms with Gasteiger partial charge in [0.15, 0.2) is 5.60 Å². The van der Waals surface area contributed by atoms with Gasteiger partial charge in [0.2, 0.25) is 0 Å². The number of halogens is 1. The minimum Gasteiger partial charge on any atom is -0.363 e. The van der Waals surface area contributed by atoms with E-state index in [2.05, 4.69) is 12.1 Å². The van der Waals surface area contributed by atoms with Crippen molar-refractivity contribution in [2.75, 3.05) is 13.2 Å². The lowest BCUT2D eigenvalue weighted by Crippen LogP contribution is -2.63. The molecule has 2 aromatic rings. The van der Waals surface area contributed by atoms with Crippen LogP contribution in [0, 0.1) is 5.82 Å². The lowest BCUT2D eigenvalue weighted by molar-refractivity contribution is -0.157. The summed E-state index contributed by atoms with van der Waals surface area (Å²) >= 11 is 0. The molecule has 2 aromatic carbocycles. The minimum atomic E-state index is -0.765. The number of hydrogen-bond donors (Lipinski definition) is 1. The highest BCUT2D eigenvalue weighted by Crippen LogP contribution is 2.52. The molecule has 3 aliphatic heterocycles. The number of benzene rings is 2. The van der Waals surface area contributed by atoms with Crippen LogP contribution < -0.4 is 5.73 Å². The van der Waals surface area contributed by atoms with Gasteiger partial charge in [-0.1, -0.05) is 36.4 Å². The molecule has 1 atom stereocenters. The molecule has 5 heteroatoms. The normalized spacial score (nSPS) is 32.1. The van der Waals surface area contributed by atoms with Crippen LogP contribution in [0.5, 0.6) is 0 Å². The molecule has 3 fully saturated rings. The van der Waals surface area contributed by atoms with E-state index < -0.39 is 5.60 Å². The predicted molar refractivity (Wildman–Crippen MR) is 94.9 cm³/mol. The van der Waals surface area contributed by atoms with E-state index in [-0.39, 0.29) is 23.3 Å². The fraction of sp³-hybridized carbons (Fsp3) is 0.381. The summed E-state index contributed by atoms with van der Waals surface area (Å²) in [5.41, 5.74) is 8.35. The lowest BCUT2D eigenvalue weighted by atomic mass is 9.68. The topological polar surface area (TPSA) is 55.6 Å². The SMILES string of the molecule is NC12COC(C(=O)N3CCc4ccccc4[C@@H]3c3ccc(F)cc3)(C1)C2. The molecule has 3 heterocycles. The summed E-state index contributed by atoms with van der Waals surface area (Å²) in [5.74, 6) is -0.264. The van der Waals surface area contributed by atoms with Gasteiger partial charge in [-0.3, -0.25) is 4.79 Å². The van der Waals surface area contributed by atoms with Crippen LogP contribution in [0.25, 0.3) is 0 Å². The smallest absolute Gasteiger partial charge is 0.255 e. The van der Waals surface area contributed by atoms with E-state index in [4.69, 9.17) is 10.5 Å². The zero-order chi connectivity index (χ0) is 17.9. The van der Waals surface area contributed by atoms with Crippen molar-refractivity contribution >= 4 is 5.91 Å². The molecule has 0 aromatic heterocycles. The fourth-order valence-corrected chi connectivity index (χ4v) is 4.84. The Morgan fingerprint density at radius 1 is 1.15 bits per heavy atom. The minimum absolute atomic E-state index is 0.0138. The van der Waals surface area contributed by atoms with Crippen LogP contribution in [0.4, 0.5) is 4.39 Å². The Morgan fingerprint density at radius 3 is 2.58 bits per heavy atom. The third-order valence-corrected chi connectivity index (χ3v) is 6.03. The Labute approximate surface area is 151 Å². The van der Waals surface area contributed by atoms with Gasteiger partial charge in [-0.05, 0) is 35.2 Å². The predicted octanol–water partition coefficient (Wildman–Crippen LogP) is 2.56. The van der Waals surface area contributed by atoms with Crippen LogP contribution >= 0.6 is 0 Å². The monoisotopic (exact) mass is 352 g/mol. The van der Waals surface area contributed by atoms with Crippen molar-refractivity contribution in [2.45, 2.75) is 36.4 Å². The van der Waals surface area contributed by atoms with Crippen molar-refractivity contribution in [3.05, 3.63) is 71.0 Å². The number of hydrogen-bond acceptors (Lipinski definition) is 3. The van der Waals surface area contributed by atoms with Gasteiger partial charge in [0.1, 0.15) is 5.82 Å². The molecule has 2 N–H and O–H groups in total. The van der Waals surface area contributed by atoms with Crippen LogP contribution in [0.2, 0.25) is 0 Å². The van der Waals surface area contributed by atoms with Gasteiger partial charge in [-0.25, -0.2) is 4.39 Å². The second kappa shape index (κ2) is 5.38. The number of fused-ring (bicyclic) bond motifs is 2. The maximum atomic E-state index is 13.4. The fourth-order valence-electron chi connectivity index (χ4n) is 4.84. The molecular formula is C21H21FN2O2.